The predicted molar refractivity (Wildman–Crippen MR) is 34.7 cm³/mol. The highest BCUT2D eigenvalue weighted by atomic mass is 32.2. The van der Waals surface area contributed by atoms with Crippen molar-refractivity contribution in [1.29, 1.82) is 0 Å². The Kier molecular flexibility index (Phi) is 2.58. The summed E-state index contributed by atoms with van der Waals surface area (Å²) in [4.78, 5) is 10.2. The summed E-state index contributed by atoms with van der Waals surface area (Å²) in [5.41, 5.74) is 0. The Balaban J connectivity index is 4.41. The number of carbonyl (C=O) groups is 1. The molecule has 0 aromatic carbocycles. The molecule has 0 saturated carbocycles. The number of hydrogen-bond acceptors (Lipinski definition) is 3. The summed E-state index contributed by atoms with van der Waals surface area (Å²) >= 11 is 0. The smallest absolute Gasteiger partial charge is 0.243 e. The van der Waals surface area contributed by atoms with Crippen molar-refractivity contribution in [3.63, 3.8) is 0 Å². The van der Waals surface area contributed by atoms with Crippen LogP contribution in [0.3, 0.4) is 0 Å². The van der Waals surface area contributed by atoms with Gasteiger partial charge in [-0.3, -0.25) is 4.79 Å². The van der Waals surface area contributed by atoms with Gasteiger partial charge >= 0.3 is 0 Å². The molecule has 0 fully saturated rings. The molecule has 0 rings (SSSR count). The third-order valence-electron chi connectivity index (χ3n) is 0.775. The number of hydrogen-bond donors (Lipinski definition) is 0. The molecule has 0 saturated heterocycles. The van der Waals surface area contributed by atoms with Gasteiger partial charge in [-0.15, -0.1) is 6.58 Å². The summed E-state index contributed by atoms with van der Waals surface area (Å²) in [5, 5.41) is -0.803. The zero-order valence-electron chi connectivity index (χ0n) is 5.12. The normalized spacial score (nSPS) is 10.8. The highest BCUT2D eigenvalue weighted by Gasteiger charge is 2.13. The van der Waals surface area contributed by atoms with Gasteiger partial charge in [-0.2, -0.15) is 0 Å². The van der Waals surface area contributed by atoms with E-state index >= 15 is 0 Å². The molecule has 4 heteroatoms. The lowest BCUT2D eigenvalue weighted by molar-refractivity contribution is -0.109. The fourth-order valence-electron chi connectivity index (χ4n) is 0.273. The standard InChI is InChI=1S/C5H8O3S/c1-3-4-9(7,8)5(2)6/h3H,1,4H2,2H3. The molecular formula is C5H8O3S. The van der Waals surface area contributed by atoms with Crippen molar-refractivity contribution in [3.8, 4) is 0 Å². The van der Waals surface area contributed by atoms with Gasteiger partial charge in [-0.1, -0.05) is 6.08 Å². The maximum absolute atomic E-state index is 10.5. The first kappa shape index (κ1) is 8.36. The second kappa shape index (κ2) is 2.77. The lowest BCUT2D eigenvalue weighted by atomic mass is 10.8. The van der Waals surface area contributed by atoms with Gasteiger partial charge in [0, 0.05) is 6.92 Å². The summed E-state index contributed by atoms with van der Waals surface area (Å²) in [5.74, 6) is -0.262. The molecule has 0 atom stereocenters. The monoisotopic (exact) mass is 148 g/mol. The van der Waals surface area contributed by atoms with Crippen molar-refractivity contribution in [1.82, 2.24) is 0 Å². The van der Waals surface area contributed by atoms with Crippen LogP contribution >= 0.6 is 0 Å². The topological polar surface area (TPSA) is 51.2 Å². The number of carbonyl (C=O) groups excluding carboxylic acids is 1. The van der Waals surface area contributed by atoms with Crippen LogP contribution in [0, 0.1) is 0 Å². The molecule has 0 aromatic rings. The lowest BCUT2D eigenvalue weighted by Gasteiger charge is -1.90. The van der Waals surface area contributed by atoms with Crippen LogP contribution in [0.25, 0.3) is 0 Å². The maximum Gasteiger partial charge on any atom is 0.243 e. The van der Waals surface area contributed by atoms with Crippen molar-refractivity contribution >= 4 is 15.0 Å². The van der Waals surface area contributed by atoms with Gasteiger partial charge in [0.1, 0.15) is 0 Å². The number of sulfone groups is 1. The quantitative estimate of drug-likeness (QED) is 0.523. The van der Waals surface area contributed by atoms with Crippen molar-refractivity contribution in [2.75, 3.05) is 5.75 Å². The van der Waals surface area contributed by atoms with Crippen LogP contribution in [0.5, 0.6) is 0 Å². The second-order valence-corrected chi connectivity index (χ2v) is 3.70. The van der Waals surface area contributed by atoms with Gasteiger partial charge in [0.2, 0.25) is 15.0 Å². The molecule has 0 bridgehead atoms. The molecule has 0 N–H and O–H groups in total. The molecule has 3 nitrogen and oxygen atoms in total. The second-order valence-electron chi connectivity index (χ2n) is 1.56. The third kappa shape index (κ3) is 2.41. The first-order valence-corrected chi connectivity index (χ1v) is 4.00. The Bertz CT molecular complexity index is 212. The van der Waals surface area contributed by atoms with Crippen molar-refractivity contribution in [2.24, 2.45) is 0 Å². The Morgan fingerprint density at radius 3 is 2.22 bits per heavy atom. The Morgan fingerprint density at radius 1 is 1.67 bits per heavy atom. The van der Waals surface area contributed by atoms with Crippen LogP contribution in [0.2, 0.25) is 0 Å². The Morgan fingerprint density at radius 2 is 2.11 bits per heavy atom. The van der Waals surface area contributed by atoms with Crippen LogP contribution in [0.15, 0.2) is 12.7 Å². The van der Waals surface area contributed by atoms with Crippen LogP contribution in [0.4, 0.5) is 0 Å². The maximum atomic E-state index is 10.5. The predicted octanol–water partition coefficient (Wildman–Crippen LogP) is 0.134. The third-order valence-corrected chi connectivity index (χ3v) is 2.33. The van der Waals surface area contributed by atoms with Crippen LogP contribution in [-0.2, 0) is 14.6 Å². The molecule has 52 valence electrons. The van der Waals surface area contributed by atoms with E-state index in [0.29, 0.717) is 0 Å². The van der Waals surface area contributed by atoms with E-state index in [9.17, 15) is 13.2 Å². The van der Waals surface area contributed by atoms with E-state index in [4.69, 9.17) is 0 Å². The van der Waals surface area contributed by atoms with Crippen LogP contribution in [-0.4, -0.2) is 19.3 Å². The Labute approximate surface area is 54.3 Å². The lowest BCUT2D eigenvalue weighted by Crippen LogP contribution is -2.12. The zero-order chi connectivity index (χ0) is 7.49. The van der Waals surface area contributed by atoms with Crippen molar-refractivity contribution in [3.05, 3.63) is 12.7 Å². The summed E-state index contributed by atoms with van der Waals surface area (Å²) in [6.07, 6.45) is 1.19. The summed E-state index contributed by atoms with van der Waals surface area (Å²) in [6, 6.07) is 0. The SMILES string of the molecule is C=CCS(=O)(=O)C(C)=O. The fraction of sp³-hybridized carbons (Fsp3) is 0.400. The van der Waals surface area contributed by atoms with E-state index in [1.165, 1.54) is 6.08 Å². The molecule has 0 amide bonds. The van der Waals surface area contributed by atoms with Gasteiger partial charge < -0.3 is 0 Å². The van der Waals surface area contributed by atoms with Gasteiger partial charge in [0.15, 0.2) is 0 Å². The summed E-state index contributed by atoms with van der Waals surface area (Å²) in [7, 11) is -3.51. The minimum absolute atomic E-state index is 0.262. The fourth-order valence-corrected chi connectivity index (χ4v) is 0.818. The highest BCUT2D eigenvalue weighted by molar-refractivity contribution is 8.06. The molecule has 0 heterocycles. The first-order valence-electron chi connectivity index (χ1n) is 2.35. The van der Waals surface area contributed by atoms with E-state index in [1.54, 1.807) is 0 Å². The first-order chi connectivity index (χ1) is 4.00. The molecular weight excluding hydrogens is 140 g/mol. The molecule has 0 spiro atoms. The van der Waals surface area contributed by atoms with Crippen molar-refractivity contribution < 1.29 is 13.2 Å². The zero-order valence-corrected chi connectivity index (χ0v) is 5.94. The van der Waals surface area contributed by atoms with E-state index < -0.39 is 15.0 Å². The molecule has 0 aliphatic carbocycles. The summed E-state index contributed by atoms with van der Waals surface area (Å²) in [6.45, 7) is 4.22. The van der Waals surface area contributed by atoms with E-state index in [0.717, 1.165) is 6.92 Å². The minimum Gasteiger partial charge on any atom is -0.282 e. The van der Waals surface area contributed by atoms with Gasteiger partial charge in [-0.05, 0) is 0 Å². The number of rotatable bonds is 2. The van der Waals surface area contributed by atoms with Crippen LogP contribution in [0.1, 0.15) is 6.92 Å². The Hall–Kier alpha value is -0.640. The molecule has 0 aromatic heterocycles. The van der Waals surface area contributed by atoms with Gasteiger partial charge in [0.25, 0.3) is 0 Å². The largest absolute Gasteiger partial charge is 0.282 e. The van der Waals surface area contributed by atoms with Gasteiger partial charge in [-0.25, -0.2) is 8.42 Å². The molecule has 0 radical (unpaired) electrons. The molecule has 0 aliphatic rings. The molecule has 0 aliphatic heterocycles. The van der Waals surface area contributed by atoms with E-state index in [-0.39, 0.29) is 5.75 Å². The average Bonchev–Trinajstić information content (AvgIpc) is 1.65. The molecule has 9 heavy (non-hydrogen) atoms. The average molecular weight is 148 g/mol. The highest BCUT2D eigenvalue weighted by Crippen LogP contribution is 1.90. The van der Waals surface area contributed by atoms with Crippen LogP contribution < -0.4 is 0 Å². The molecule has 0 unspecified atom stereocenters. The minimum atomic E-state index is -3.51. The van der Waals surface area contributed by atoms with Gasteiger partial charge in [0.05, 0.1) is 5.75 Å². The van der Waals surface area contributed by atoms with Crippen molar-refractivity contribution in [2.45, 2.75) is 6.92 Å². The van der Waals surface area contributed by atoms with E-state index in [2.05, 4.69) is 6.58 Å². The van der Waals surface area contributed by atoms with E-state index in [1.807, 2.05) is 0 Å². The summed E-state index contributed by atoms with van der Waals surface area (Å²) < 4.78 is 21.0.